The Bertz CT molecular complexity index is 376. The molecular weight excluding hydrogens is 188 g/mol. The Morgan fingerprint density at radius 1 is 1.15 bits per heavy atom. The Balaban J connectivity index is 3.17. The zero-order valence-corrected chi connectivity index (χ0v) is 8.38. The Kier molecular flexibility index (Phi) is 2.61. The lowest BCUT2D eigenvalue weighted by molar-refractivity contribution is 0.474. The molecule has 1 rings (SSSR count). The summed E-state index contributed by atoms with van der Waals surface area (Å²) < 4.78 is 23.1. The highest BCUT2D eigenvalue weighted by molar-refractivity contribution is 7.92. The van der Waals surface area contributed by atoms with Crippen molar-refractivity contribution in [2.24, 2.45) is 0 Å². The first-order valence-corrected chi connectivity index (χ1v) is 5.52. The van der Waals surface area contributed by atoms with Crippen molar-refractivity contribution in [2.75, 3.05) is 0 Å². The second-order valence-electron chi connectivity index (χ2n) is 3.09. The number of aromatic hydroxyl groups is 1. The van der Waals surface area contributed by atoms with Crippen LogP contribution in [0.3, 0.4) is 0 Å². The molecule has 1 aromatic rings. The number of sulfone groups is 1. The molecule has 0 saturated heterocycles. The molecular formula is C9H12O3S. The van der Waals surface area contributed by atoms with Crippen molar-refractivity contribution < 1.29 is 13.5 Å². The molecule has 0 bridgehead atoms. The van der Waals surface area contributed by atoms with Gasteiger partial charge in [-0.2, -0.15) is 0 Å². The predicted octanol–water partition coefficient (Wildman–Crippen LogP) is 1.57. The van der Waals surface area contributed by atoms with E-state index in [9.17, 15) is 8.42 Å². The van der Waals surface area contributed by atoms with Crippen molar-refractivity contribution in [2.45, 2.75) is 24.0 Å². The molecule has 0 heterocycles. The van der Waals surface area contributed by atoms with Crippen molar-refractivity contribution in [1.29, 1.82) is 0 Å². The van der Waals surface area contributed by atoms with Crippen LogP contribution in [0.2, 0.25) is 0 Å². The average molecular weight is 200 g/mol. The molecule has 0 aliphatic heterocycles. The Morgan fingerprint density at radius 2 is 1.62 bits per heavy atom. The lowest BCUT2D eigenvalue weighted by atomic mass is 10.3. The van der Waals surface area contributed by atoms with Crippen LogP contribution in [0, 0.1) is 0 Å². The van der Waals surface area contributed by atoms with E-state index in [1.54, 1.807) is 13.8 Å². The molecule has 72 valence electrons. The molecule has 0 aromatic heterocycles. The van der Waals surface area contributed by atoms with Gasteiger partial charge in [0.25, 0.3) is 0 Å². The normalized spacial score (nSPS) is 11.9. The first-order chi connectivity index (χ1) is 5.94. The fourth-order valence-corrected chi connectivity index (χ4v) is 1.97. The lowest BCUT2D eigenvalue weighted by Crippen LogP contribution is -2.13. The van der Waals surface area contributed by atoms with Crippen LogP contribution in [0.5, 0.6) is 5.75 Å². The van der Waals surface area contributed by atoms with Gasteiger partial charge in [0.1, 0.15) is 5.75 Å². The monoisotopic (exact) mass is 200 g/mol. The summed E-state index contributed by atoms with van der Waals surface area (Å²) in [5, 5.41) is 8.53. The first-order valence-electron chi connectivity index (χ1n) is 3.97. The maximum atomic E-state index is 11.6. The van der Waals surface area contributed by atoms with E-state index in [4.69, 9.17) is 5.11 Å². The molecule has 4 heteroatoms. The molecule has 0 amide bonds. The van der Waals surface area contributed by atoms with Gasteiger partial charge in [-0.05, 0) is 38.1 Å². The van der Waals surface area contributed by atoms with Crippen LogP contribution in [0.1, 0.15) is 13.8 Å². The molecule has 0 atom stereocenters. The molecule has 0 aliphatic rings. The standard InChI is InChI=1S/C9H12O3S/c1-7(2)13(11,12)9-5-3-8(10)4-6-9/h3-7,10H,1-2H3. The highest BCUT2D eigenvalue weighted by atomic mass is 32.2. The smallest absolute Gasteiger partial charge is 0.180 e. The number of hydrogen-bond donors (Lipinski definition) is 1. The van der Waals surface area contributed by atoms with Gasteiger partial charge in [-0.15, -0.1) is 0 Å². The Labute approximate surface area is 77.9 Å². The van der Waals surface area contributed by atoms with Crippen LogP contribution < -0.4 is 0 Å². The summed E-state index contributed by atoms with van der Waals surface area (Å²) in [6.45, 7) is 3.25. The van der Waals surface area contributed by atoms with Gasteiger partial charge in [0.2, 0.25) is 0 Å². The van der Waals surface area contributed by atoms with E-state index in [1.807, 2.05) is 0 Å². The number of hydrogen-bond acceptors (Lipinski definition) is 3. The maximum absolute atomic E-state index is 11.6. The Hall–Kier alpha value is -1.03. The molecule has 0 saturated carbocycles. The van der Waals surface area contributed by atoms with Crippen LogP contribution in [0.15, 0.2) is 29.2 Å². The quantitative estimate of drug-likeness (QED) is 0.788. The summed E-state index contributed by atoms with van der Waals surface area (Å²) >= 11 is 0. The van der Waals surface area contributed by atoms with Crippen molar-refractivity contribution in [3.05, 3.63) is 24.3 Å². The van der Waals surface area contributed by atoms with Gasteiger partial charge in [-0.1, -0.05) is 0 Å². The van der Waals surface area contributed by atoms with E-state index in [2.05, 4.69) is 0 Å². The Morgan fingerprint density at radius 3 is 2.00 bits per heavy atom. The minimum absolute atomic E-state index is 0.0720. The second kappa shape index (κ2) is 3.38. The van der Waals surface area contributed by atoms with E-state index < -0.39 is 15.1 Å². The minimum atomic E-state index is -3.20. The maximum Gasteiger partial charge on any atom is 0.180 e. The van der Waals surface area contributed by atoms with Gasteiger partial charge in [0.05, 0.1) is 10.1 Å². The summed E-state index contributed by atoms with van der Waals surface area (Å²) in [5.74, 6) is 0.0720. The van der Waals surface area contributed by atoms with Crippen LogP contribution in [-0.4, -0.2) is 18.8 Å². The summed E-state index contributed by atoms with van der Waals surface area (Å²) in [6.07, 6.45) is 0. The molecule has 0 spiro atoms. The SMILES string of the molecule is CC(C)S(=O)(=O)c1ccc(O)cc1. The number of phenolic OH excluding ortho intramolecular Hbond substituents is 1. The van der Waals surface area contributed by atoms with Gasteiger partial charge >= 0.3 is 0 Å². The van der Waals surface area contributed by atoms with Crippen LogP contribution >= 0.6 is 0 Å². The highest BCUT2D eigenvalue weighted by Gasteiger charge is 2.18. The van der Waals surface area contributed by atoms with Gasteiger partial charge in [-0.25, -0.2) is 8.42 Å². The third kappa shape index (κ3) is 2.01. The molecule has 1 N–H and O–H groups in total. The first kappa shape index (κ1) is 10.1. The fraction of sp³-hybridized carbons (Fsp3) is 0.333. The average Bonchev–Trinajstić information content (AvgIpc) is 2.04. The van der Waals surface area contributed by atoms with E-state index in [-0.39, 0.29) is 10.6 Å². The minimum Gasteiger partial charge on any atom is -0.508 e. The van der Waals surface area contributed by atoms with Crippen LogP contribution in [-0.2, 0) is 9.84 Å². The third-order valence-corrected chi connectivity index (χ3v) is 3.96. The van der Waals surface area contributed by atoms with E-state index in [0.717, 1.165) is 0 Å². The van der Waals surface area contributed by atoms with Gasteiger partial charge in [0.15, 0.2) is 9.84 Å². The summed E-state index contributed by atoms with van der Waals surface area (Å²) in [7, 11) is -3.20. The van der Waals surface area contributed by atoms with Gasteiger partial charge in [-0.3, -0.25) is 0 Å². The number of phenols is 1. The molecule has 13 heavy (non-hydrogen) atoms. The topological polar surface area (TPSA) is 54.4 Å². The van der Waals surface area contributed by atoms with Gasteiger partial charge in [0, 0.05) is 0 Å². The molecule has 0 fully saturated rings. The summed E-state index contributed by atoms with van der Waals surface area (Å²) in [4.78, 5) is 0.250. The number of benzene rings is 1. The molecule has 3 nitrogen and oxygen atoms in total. The van der Waals surface area contributed by atoms with E-state index >= 15 is 0 Å². The summed E-state index contributed by atoms with van der Waals surface area (Å²) in [6, 6.07) is 5.56. The second-order valence-corrected chi connectivity index (χ2v) is 5.59. The number of rotatable bonds is 2. The molecule has 1 aromatic carbocycles. The highest BCUT2D eigenvalue weighted by Crippen LogP contribution is 2.18. The third-order valence-electron chi connectivity index (χ3n) is 1.79. The van der Waals surface area contributed by atoms with E-state index in [1.165, 1.54) is 24.3 Å². The molecule has 0 aliphatic carbocycles. The van der Waals surface area contributed by atoms with Crippen molar-refractivity contribution >= 4 is 9.84 Å². The summed E-state index contributed by atoms with van der Waals surface area (Å²) in [5.41, 5.74) is 0. The zero-order valence-electron chi connectivity index (χ0n) is 7.56. The van der Waals surface area contributed by atoms with Crippen molar-refractivity contribution in [3.8, 4) is 5.75 Å². The fourth-order valence-electron chi connectivity index (χ4n) is 0.908. The lowest BCUT2D eigenvalue weighted by Gasteiger charge is -2.06. The van der Waals surface area contributed by atoms with Crippen molar-refractivity contribution in [1.82, 2.24) is 0 Å². The predicted molar refractivity (Wildman–Crippen MR) is 50.4 cm³/mol. The van der Waals surface area contributed by atoms with Gasteiger partial charge < -0.3 is 5.11 Å². The zero-order chi connectivity index (χ0) is 10.1. The molecule has 0 radical (unpaired) electrons. The van der Waals surface area contributed by atoms with Crippen LogP contribution in [0.25, 0.3) is 0 Å². The van der Waals surface area contributed by atoms with E-state index in [0.29, 0.717) is 0 Å². The van der Waals surface area contributed by atoms with Crippen molar-refractivity contribution in [3.63, 3.8) is 0 Å². The largest absolute Gasteiger partial charge is 0.508 e. The van der Waals surface area contributed by atoms with Crippen LogP contribution in [0.4, 0.5) is 0 Å². The molecule has 0 unspecified atom stereocenters.